The van der Waals surface area contributed by atoms with E-state index in [0.29, 0.717) is 31.0 Å². The van der Waals surface area contributed by atoms with Crippen LogP contribution in [0.2, 0.25) is 0 Å². The third-order valence-corrected chi connectivity index (χ3v) is 2.91. The van der Waals surface area contributed by atoms with Crippen LogP contribution in [0.3, 0.4) is 0 Å². The summed E-state index contributed by atoms with van der Waals surface area (Å²) in [7, 11) is 1.61. The maximum atomic E-state index is 11.5. The number of amides is 1. The number of carbonyl (C=O) groups is 1. The van der Waals surface area contributed by atoms with Crippen LogP contribution in [0.15, 0.2) is 0 Å². The van der Waals surface area contributed by atoms with Gasteiger partial charge in [-0.05, 0) is 17.8 Å². The molecule has 1 N–H and O–H groups in total. The fourth-order valence-electron chi connectivity index (χ4n) is 1.83. The van der Waals surface area contributed by atoms with Crippen molar-refractivity contribution in [2.45, 2.75) is 27.7 Å². The van der Waals surface area contributed by atoms with Gasteiger partial charge < -0.3 is 14.8 Å². The minimum Gasteiger partial charge on any atom is -0.382 e. The Bertz CT molecular complexity index is 197. The Balaban J connectivity index is 3.73. The Morgan fingerprint density at radius 3 is 2.18 bits per heavy atom. The van der Waals surface area contributed by atoms with Crippen molar-refractivity contribution in [2.24, 2.45) is 17.8 Å². The summed E-state index contributed by atoms with van der Waals surface area (Å²) in [5.74, 6) is 1.61. The van der Waals surface area contributed by atoms with Crippen molar-refractivity contribution in [3.63, 3.8) is 0 Å². The number of hydrogen-bond donors (Lipinski definition) is 1. The molecule has 102 valence electrons. The van der Waals surface area contributed by atoms with Crippen molar-refractivity contribution in [3.05, 3.63) is 0 Å². The average molecular weight is 245 g/mol. The molecule has 0 aliphatic rings. The number of rotatable bonds is 9. The SMILES string of the molecule is COCCOCC(=O)NCC(C(C)C)C(C)C. The molecule has 0 aliphatic heterocycles. The van der Waals surface area contributed by atoms with E-state index >= 15 is 0 Å². The lowest BCUT2D eigenvalue weighted by Crippen LogP contribution is -2.36. The van der Waals surface area contributed by atoms with Gasteiger partial charge in [0.05, 0.1) is 13.2 Å². The van der Waals surface area contributed by atoms with E-state index in [1.54, 1.807) is 7.11 Å². The smallest absolute Gasteiger partial charge is 0.246 e. The fourth-order valence-corrected chi connectivity index (χ4v) is 1.83. The van der Waals surface area contributed by atoms with E-state index in [4.69, 9.17) is 9.47 Å². The second-order valence-electron chi connectivity index (χ2n) is 5.00. The molecule has 0 aromatic heterocycles. The Labute approximate surface area is 105 Å². The molecule has 1 amide bonds. The van der Waals surface area contributed by atoms with Crippen LogP contribution in [0.4, 0.5) is 0 Å². The van der Waals surface area contributed by atoms with Crippen LogP contribution < -0.4 is 5.32 Å². The lowest BCUT2D eigenvalue weighted by Gasteiger charge is -2.25. The van der Waals surface area contributed by atoms with Gasteiger partial charge in [0.15, 0.2) is 0 Å². The summed E-state index contributed by atoms with van der Waals surface area (Å²) in [6.07, 6.45) is 0. The largest absolute Gasteiger partial charge is 0.382 e. The summed E-state index contributed by atoms with van der Waals surface area (Å²) in [6, 6.07) is 0. The first-order chi connectivity index (χ1) is 7.99. The van der Waals surface area contributed by atoms with Gasteiger partial charge in [0.25, 0.3) is 0 Å². The zero-order chi connectivity index (χ0) is 13.3. The standard InChI is InChI=1S/C13H27NO3/c1-10(2)12(11(3)4)8-14-13(15)9-17-7-6-16-5/h10-12H,6-9H2,1-5H3,(H,14,15). The normalized spacial score (nSPS) is 11.5. The van der Waals surface area contributed by atoms with Crippen LogP contribution in [0.25, 0.3) is 0 Å². The Morgan fingerprint density at radius 1 is 1.12 bits per heavy atom. The van der Waals surface area contributed by atoms with Crippen molar-refractivity contribution in [1.29, 1.82) is 0 Å². The molecule has 0 heterocycles. The maximum absolute atomic E-state index is 11.5. The molecule has 0 bridgehead atoms. The Morgan fingerprint density at radius 2 is 1.71 bits per heavy atom. The van der Waals surface area contributed by atoms with Crippen LogP contribution in [0.1, 0.15) is 27.7 Å². The molecule has 0 saturated carbocycles. The van der Waals surface area contributed by atoms with Crippen LogP contribution in [0.5, 0.6) is 0 Å². The molecule has 0 fully saturated rings. The van der Waals surface area contributed by atoms with E-state index < -0.39 is 0 Å². The highest BCUT2D eigenvalue weighted by Crippen LogP contribution is 2.19. The predicted octanol–water partition coefficient (Wildman–Crippen LogP) is 1.69. The van der Waals surface area contributed by atoms with Crippen LogP contribution >= 0.6 is 0 Å². The summed E-state index contributed by atoms with van der Waals surface area (Å²) in [5, 5.41) is 2.92. The number of carbonyl (C=O) groups excluding carboxylic acids is 1. The lowest BCUT2D eigenvalue weighted by molar-refractivity contribution is -0.126. The molecular weight excluding hydrogens is 218 g/mol. The summed E-state index contributed by atoms with van der Waals surface area (Å²) in [6.45, 7) is 10.6. The van der Waals surface area contributed by atoms with Gasteiger partial charge in [0, 0.05) is 13.7 Å². The molecule has 0 aromatic rings. The number of hydrogen-bond acceptors (Lipinski definition) is 3. The highest BCUT2D eigenvalue weighted by molar-refractivity contribution is 5.77. The predicted molar refractivity (Wildman–Crippen MR) is 68.9 cm³/mol. The lowest BCUT2D eigenvalue weighted by atomic mass is 9.85. The third-order valence-electron chi connectivity index (χ3n) is 2.91. The van der Waals surface area contributed by atoms with E-state index in [1.165, 1.54) is 0 Å². The van der Waals surface area contributed by atoms with Crippen molar-refractivity contribution in [3.8, 4) is 0 Å². The van der Waals surface area contributed by atoms with Gasteiger partial charge in [-0.1, -0.05) is 27.7 Å². The molecule has 0 spiro atoms. The van der Waals surface area contributed by atoms with Gasteiger partial charge >= 0.3 is 0 Å². The van der Waals surface area contributed by atoms with E-state index in [2.05, 4.69) is 33.0 Å². The molecular formula is C13H27NO3. The molecule has 0 saturated heterocycles. The van der Waals surface area contributed by atoms with Gasteiger partial charge in [-0.3, -0.25) is 4.79 Å². The molecule has 0 aliphatic carbocycles. The summed E-state index contributed by atoms with van der Waals surface area (Å²) < 4.78 is 9.98. The van der Waals surface area contributed by atoms with Gasteiger partial charge in [0.1, 0.15) is 6.61 Å². The summed E-state index contributed by atoms with van der Waals surface area (Å²) in [5.41, 5.74) is 0. The molecule has 4 nitrogen and oxygen atoms in total. The second-order valence-corrected chi connectivity index (χ2v) is 5.00. The molecule has 0 unspecified atom stereocenters. The van der Waals surface area contributed by atoms with Crippen molar-refractivity contribution < 1.29 is 14.3 Å². The average Bonchev–Trinajstić information content (AvgIpc) is 2.23. The fraction of sp³-hybridized carbons (Fsp3) is 0.923. The maximum Gasteiger partial charge on any atom is 0.246 e. The van der Waals surface area contributed by atoms with Crippen molar-refractivity contribution in [1.82, 2.24) is 5.32 Å². The molecule has 0 atom stereocenters. The second kappa shape index (κ2) is 9.42. The quantitative estimate of drug-likeness (QED) is 0.629. The minimum absolute atomic E-state index is 0.0487. The van der Waals surface area contributed by atoms with Crippen LogP contribution in [0, 0.1) is 17.8 Å². The van der Waals surface area contributed by atoms with E-state index in [-0.39, 0.29) is 12.5 Å². The zero-order valence-corrected chi connectivity index (χ0v) is 11.8. The first-order valence-electron chi connectivity index (χ1n) is 6.32. The van der Waals surface area contributed by atoms with Gasteiger partial charge in [-0.15, -0.1) is 0 Å². The van der Waals surface area contributed by atoms with Gasteiger partial charge in [-0.25, -0.2) is 0 Å². The number of nitrogens with one attached hydrogen (secondary N) is 1. The Kier molecular flexibility index (Phi) is 9.09. The summed E-state index contributed by atoms with van der Waals surface area (Å²) >= 11 is 0. The van der Waals surface area contributed by atoms with Crippen molar-refractivity contribution >= 4 is 5.91 Å². The molecule has 0 radical (unpaired) electrons. The first kappa shape index (κ1) is 16.4. The molecule has 0 rings (SSSR count). The van der Waals surface area contributed by atoms with E-state index in [0.717, 1.165) is 6.54 Å². The topological polar surface area (TPSA) is 47.6 Å². The van der Waals surface area contributed by atoms with E-state index in [1.807, 2.05) is 0 Å². The molecule has 4 heteroatoms. The third kappa shape index (κ3) is 8.16. The van der Waals surface area contributed by atoms with Gasteiger partial charge in [-0.2, -0.15) is 0 Å². The Hall–Kier alpha value is -0.610. The van der Waals surface area contributed by atoms with Crippen LogP contribution in [-0.2, 0) is 14.3 Å². The number of methoxy groups -OCH3 is 1. The molecule has 17 heavy (non-hydrogen) atoms. The molecule has 0 aromatic carbocycles. The highest BCUT2D eigenvalue weighted by atomic mass is 16.5. The zero-order valence-electron chi connectivity index (χ0n) is 11.8. The first-order valence-corrected chi connectivity index (χ1v) is 6.32. The number of ether oxygens (including phenoxy) is 2. The summed E-state index contributed by atoms with van der Waals surface area (Å²) in [4.78, 5) is 11.5. The van der Waals surface area contributed by atoms with Gasteiger partial charge in [0.2, 0.25) is 5.91 Å². The highest BCUT2D eigenvalue weighted by Gasteiger charge is 2.17. The minimum atomic E-state index is -0.0487. The van der Waals surface area contributed by atoms with E-state index in [9.17, 15) is 4.79 Å². The van der Waals surface area contributed by atoms with Crippen LogP contribution in [-0.4, -0.2) is 39.4 Å². The van der Waals surface area contributed by atoms with Crippen molar-refractivity contribution in [2.75, 3.05) is 33.5 Å². The monoisotopic (exact) mass is 245 g/mol.